The van der Waals surface area contributed by atoms with Crippen LogP contribution < -0.4 is 14.9 Å². The van der Waals surface area contributed by atoms with Crippen LogP contribution in [0.5, 0.6) is 0 Å². The van der Waals surface area contributed by atoms with Crippen molar-refractivity contribution in [3.05, 3.63) is 59.9 Å². The van der Waals surface area contributed by atoms with Crippen molar-refractivity contribution >= 4 is 33.4 Å². The zero-order valence-electron chi connectivity index (χ0n) is 18.5. The molecule has 1 aliphatic rings. The average molecular weight is 479 g/mol. The van der Waals surface area contributed by atoms with Gasteiger partial charge in [-0.05, 0) is 49.2 Å². The van der Waals surface area contributed by atoms with Crippen LogP contribution in [0.1, 0.15) is 23.2 Å². The van der Waals surface area contributed by atoms with Gasteiger partial charge in [0.05, 0.1) is 23.0 Å². The van der Waals surface area contributed by atoms with Crippen LogP contribution in [-0.4, -0.2) is 64.4 Å². The van der Waals surface area contributed by atoms with Crippen molar-refractivity contribution in [2.24, 2.45) is 0 Å². The van der Waals surface area contributed by atoms with Crippen LogP contribution in [0.15, 0.2) is 48.5 Å². The summed E-state index contributed by atoms with van der Waals surface area (Å²) in [6.45, 7) is 0.464. The van der Waals surface area contributed by atoms with E-state index in [9.17, 15) is 22.4 Å². The Morgan fingerprint density at radius 2 is 1.82 bits per heavy atom. The fraction of sp³-hybridized carbons (Fsp3) is 0.364. The molecule has 2 aromatic rings. The third-order valence-corrected chi connectivity index (χ3v) is 6.92. The van der Waals surface area contributed by atoms with Crippen LogP contribution >= 0.6 is 0 Å². The van der Waals surface area contributed by atoms with Gasteiger partial charge in [0.15, 0.2) is 0 Å². The molecule has 178 valence electrons. The van der Waals surface area contributed by atoms with Gasteiger partial charge in [0.25, 0.3) is 5.91 Å². The van der Waals surface area contributed by atoms with Crippen LogP contribution in [0.3, 0.4) is 0 Å². The van der Waals surface area contributed by atoms with Crippen molar-refractivity contribution in [3.8, 4) is 0 Å². The number of halogens is 1. The van der Waals surface area contributed by atoms with E-state index in [4.69, 9.17) is 4.74 Å². The smallest absolute Gasteiger partial charge is 0.304 e. The highest BCUT2D eigenvalue weighted by molar-refractivity contribution is 7.90. The first kappa shape index (κ1) is 24.6. The SMILES string of the molecule is CN(C)S(=O)(=O)N(CC(=O)Nc1ccccc1C(=O)NCC1CCCO1)c1ccc(F)cc1. The molecule has 1 fully saturated rings. The molecule has 2 N–H and O–H groups in total. The van der Waals surface area contributed by atoms with Crippen LogP contribution in [0.2, 0.25) is 0 Å². The Balaban J connectivity index is 1.75. The van der Waals surface area contributed by atoms with Crippen molar-refractivity contribution in [1.82, 2.24) is 9.62 Å². The summed E-state index contributed by atoms with van der Waals surface area (Å²) in [6.07, 6.45) is 1.79. The number of nitrogens with zero attached hydrogens (tertiary/aromatic N) is 2. The number of hydrogen-bond donors (Lipinski definition) is 2. The molecule has 1 saturated heterocycles. The molecule has 9 nitrogen and oxygen atoms in total. The molecule has 0 aliphatic carbocycles. The number of anilines is 2. The zero-order chi connectivity index (χ0) is 24.0. The number of hydrogen-bond acceptors (Lipinski definition) is 5. The first-order valence-electron chi connectivity index (χ1n) is 10.4. The van der Waals surface area contributed by atoms with E-state index in [0.29, 0.717) is 13.2 Å². The monoisotopic (exact) mass is 478 g/mol. The molecule has 0 aromatic heterocycles. The normalized spacial score (nSPS) is 15.9. The quantitative estimate of drug-likeness (QED) is 0.573. The van der Waals surface area contributed by atoms with Crippen LogP contribution in [0.25, 0.3) is 0 Å². The molecule has 1 heterocycles. The van der Waals surface area contributed by atoms with Crippen molar-refractivity contribution < 1.29 is 27.1 Å². The second-order valence-electron chi connectivity index (χ2n) is 7.71. The summed E-state index contributed by atoms with van der Waals surface area (Å²) in [5, 5.41) is 5.41. The highest BCUT2D eigenvalue weighted by Crippen LogP contribution is 2.21. The van der Waals surface area contributed by atoms with E-state index in [-0.39, 0.29) is 28.9 Å². The van der Waals surface area contributed by atoms with Gasteiger partial charge in [0, 0.05) is 27.2 Å². The number of carbonyl (C=O) groups is 2. The largest absolute Gasteiger partial charge is 0.376 e. The fourth-order valence-electron chi connectivity index (χ4n) is 3.33. The van der Waals surface area contributed by atoms with Crippen molar-refractivity contribution in [3.63, 3.8) is 0 Å². The predicted molar refractivity (Wildman–Crippen MR) is 123 cm³/mol. The third kappa shape index (κ3) is 6.28. The molecule has 0 radical (unpaired) electrons. The molecular formula is C22H27FN4O5S. The maximum absolute atomic E-state index is 13.3. The third-order valence-electron chi connectivity index (χ3n) is 5.10. The lowest BCUT2D eigenvalue weighted by Gasteiger charge is -2.27. The number of amides is 2. The van der Waals surface area contributed by atoms with E-state index in [0.717, 1.165) is 33.6 Å². The van der Waals surface area contributed by atoms with Gasteiger partial charge in [-0.1, -0.05) is 12.1 Å². The molecule has 0 saturated carbocycles. The summed E-state index contributed by atoms with van der Waals surface area (Å²) >= 11 is 0. The maximum atomic E-state index is 13.3. The standard InChI is InChI=1S/C22H27FN4O5S/c1-26(2)33(30,31)27(17-11-9-16(23)10-12-17)15-21(28)25-20-8-4-3-7-19(20)22(29)24-14-18-6-5-13-32-18/h3-4,7-12,18H,5-6,13-15H2,1-2H3,(H,24,29)(H,25,28). The summed E-state index contributed by atoms with van der Waals surface area (Å²) in [7, 11) is -1.38. The van der Waals surface area contributed by atoms with Crippen molar-refractivity contribution in [2.45, 2.75) is 18.9 Å². The minimum absolute atomic E-state index is 0.0313. The number of para-hydroxylation sites is 1. The molecule has 11 heteroatoms. The van der Waals surface area contributed by atoms with E-state index in [1.165, 1.54) is 26.2 Å². The van der Waals surface area contributed by atoms with E-state index in [1.807, 2.05) is 0 Å². The van der Waals surface area contributed by atoms with E-state index >= 15 is 0 Å². The number of ether oxygens (including phenoxy) is 1. The Hall–Kier alpha value is -3.02. The van der Waals surface area contributed by atoms with Gasteiger partial charge in [-0.3, -0.25) is 9.59 Å². The van der Waals surface area contributed by atoms with Crippen molar-refractivity contribution in [1.29, 1.82) is 0 Å². The Kier molecular flexibility index (Phi) is 8.01. The Morgan fingerprint density at radius 1 is 1.12 bits per heavy atom. The van der Waals surface area contributed by atoms with Gasteiger partial charge in [-0.25, -0.2) is 8.70 Å². The fourth-order valence-corrected chi connectivity index (χ4v) is 4.39. The highest BCUT2D eigenvalue weighted by Gasteiger charge is 2.28. The van der Waals surface area contributed by atoms with Crippen LogP contribution in [0.4, 0.5) is 15.8 Å². The van der Waals surface area contributed by atoms with Gasteiger partial charge in [0.2, 0.25) is 5.91 Å². The lowest BCUT2D eigenvalue weighted by molar-refractivity contribution is -0.114. The molecule has 1 unspecified atom stereocenters. The van der Waals surface area contributed by atoms with Gasteiger partial charge in [-0.15, -0.1) is 0 Å². The van der Waals surface area contributed by atoms with Crippen LogP contribution in [0, 0.1) is 5.82 Å². The van der Waals surface area contributed by atoms with Gasteiger partial charge in [-0.2, -0.15) is 12.7 Å². The van der Waals surface area contributed by atoms with Crippen LogP contribution in [-0.2, 0) is 19.7 Å². The number of nitrogens with one attached hydrogen (secondary N) is 2. The van der Waals surface area contributed by atoms with E-state index in [1.54, 1.807) is 24.3 Å². The molecule has 2 aromatic carbocycles. The average Bonchev–Trinajstić information content (AvgIpc) is 3.30. The molecule has 0 bridgehead atoms. The lowest BCUT2D eigenvalue weighted by Crippen LogP contribution is -2.44. The second kappa shape index (κ2) is 10.7. The number of rotatable bonds is 9. The van der Waals surface area contributed by atoms with Gasteiger partial charge >= 0.3 is 10.2 Å². The predicted octanol–water partition coefficient (Wildman–Crippen LogP) is 1.99. The van der Waals surface area contributed by atoms with E-state index in [2.05, 4.69) is 10.6 Å². The van der Waals surface area contributed by atoms with E-state index < -0.39 is 28.5 Å². The number of carbonyl (C=O) groups excluding carboxylic acids is 2. The minimum atomic E-state index is -4.05. The van der Waals surface area contributed by atoms with Gasteiger partial charge in [0.1, 0.15) is 12.4 Å². The topological polar surface area (TPSA) is 108 Å². The molecule has 33 heavy (non-hydrogen) atoms. The minimum Gasteiger partial charge on any atom is -0.376 e. The maximum Gasteiger partial charge on any atom is 0.304 e. The zero-order valence-corrected chi connectivity index (χ0v) is 19.3. The Bertz CT molecular complexity index is 1090. The summed E-state index contributed by atoms with van der Waals surface area (Å²) in [5.41, 5.74) is 0.615. The summed E-state index contributed by atoms with van der Waals surface area (Å²) < 4.78 is 46.2. The van der Waals surface area contributed by atoms with Crippen molar-refractivity contribution in [2.75, 3.05) is 43.4 Å². The lowest BCUT2D eigenvalue weighted by atomic mass is 10.1. The summed E-state index contributed by atoms with van der Waals surface area (Å²) in [6, 6.07) is 11.2. The Labute approximate surface area is 192 Å². The molecule has 3 rings (SSSR count). The molecular weight excluding hydrogens is 451 g/mol. The van der Waals surface area contributed by atoms with Gasteiger partial charge < -0.3 is 15.4 Å². The molecule has 2 amide bonds. The number of benzene rings is 2. The first-order valence-corrected chi connectivity index (χ1v) is 11.8. The summed E-state index contributed by atoms with van der Waals surface area (Å²) in [5.74, 6) is -1.57. The second-order valence-corrected chi connectivity index (χ2v) is 9.78. The highest BCUT2D eigenvalue weighted by atomic mass is 32.2. The molecule has 1 aliphatic heterocycles. The molecule has 1 atom stereocenters. The summed E-state index contributed by atoms with van der Waals surface area (Å²) in [4.78, 5) is 25.5. The molecule has 0 spiro atoms. The first-order chi connectivity index (χ1) is 15.7. The Morgan fingerprint density at radius 3 is 2.45 bits per heavy atom.